The standard InChI is InChI=1S/C14H20N2O4/c1-8(2)10-6-4-5-9(3)12(10)16-14(20)15-11(7-17)13(18)19/h4-6,8,11,17H,7H2,1-3H3,(H,18,19)(H2,15,16,20)/t11-/m0/s1. The molecule has 0 spiro atoms. The molecule has 4 N–H and O–H groups in total. The van der Waals surface area contributed by atoms with Crippen molar-refractivity contribution in [2.24, 2.45) is 0 Å². The summed E-state index contributed by atoms with van der Waals surface area (Å²) in [7, 11) is 0. The zero-order valence-corrected chi connectivity index (χ0v) is 11.8. The predicted octanol–water partition coefficient (Wildman–Crippen LogP) is 1.69. The number of amides is 2. The number of nitrogens with one attached hydrogen (secondary N) is 2. The minimum atomic E-state index is -1.32. The van der Waals surface area contributed by atoms with Crippen molar-refractivity contribution in [1.29, 1.82) is 0 Å². The fraction of sp³-hybridized carbons (Fsp3) is 0.429. The molecule has 2 amide bonds. The fourth-order valence-corrected chi connectivity index (χ4v) is 1.84. The molecule has 1 aromatic carbocycles. The molecule has 110 valence electrons. The third-order valence-electron chi connectivity index (χ3n) is 2.95. The van der Waals surface area contributed by atoms with E-state index in [1.54, 1.807) is 0 Å². The van der Waals surface area contributed by atoms with Crippen molar-refractivity contribution >= 4 is 17.7 Å². The van der Waals surface area contributed by atoms with Gasteiger partial charge in [-0.15, -0.1) is 0 Å². The molecule has 1 aromatic rings. The summed E-state index contributed by atoms with van der Waals surface area (Å²) in [6, 6.07) is 3.71. The van der Waals surface area contributed by atoms with E-state index in [1.165, 1.54) is 0 Å². The fourth-order valence-electron chi connectivity index (χ4n) is 1.84. The number of hydrogen-bond acceptors (Lipinski definition) is 3. The third kappa shape index (κ3) is 3.96. The number of aliphatic carboxylic acids is 1. The van der Waals surface area contributed by atoms with Crippen molar-refractivity contribution in [2.45, 2.75) is 32.7 Å². The van der Waals surface area contributed by atoms with Crippen molar-refractivity contribution < 1.29 is 19.8 Å². The van der Waals surface area contributed by atoms with Crippen LogP contribution in [0, 0.1) is 6.92 Å². The molecule has 0 fully saturated rings. The highest BCUT2D eigenvalue weighted by molar-refractivity contribution is 5.93. The molecule has 0 bridgehead atoms. The summed E-state index contributed by atoms with van der Waals surface area (Å²) in [6.07, 6.45) is 0. The Hall–Kier alpha value is -2.08. The summed E-state index contributed by atoms with van der Waals surface area (Å²) < 4.78 is 0. The summed E-state index contributed by atoms with van der Waals surface area (Å²) in [5, 5.41) is 22.5. The Morgan fingerprint density at radius 1 is 1.30 bits per heavy atom. The van der Waals surface area contributed by atoms with Gasteiger partial charge in [-0.3, -0.25) is 0 Å². The van der Waals surface area contributed by atoms with Crippen LogP contribution in [0.15, 0.2) is 18.2 Å². The average molecular weight is 280 g/mol. The zero-order valence-electron chi connectivity index (χ0n) is 11.8. The van der Waals surface area contributed by atoms with Crippen LogP contribution in [-0.2, 0) is 4.79 Å². The first-order valence-electron chi connectivity index (χ1n) is 6.37. The molecule has 0 heterocycles. The Bertz CT molecular complexity index is 500. The van der Waals surface area contributed by atoms with Gasteiger partial charge in [0.2, 0.25) is 0 Å². The number of carboxylic acid groups (broad SMARTS) is 1. The quantitative estimate of drug-likeness (QED) is 0.659. The highest BCUT2D eigenvalue weighted by atomic mass is 16.4. The van der Waals surface area contributed by atoms with Crippen LogP contribution in [0.2, 0.25) is 0 Å². The molecule has 0 unspecified atom stereocenters. The first-order chi connectivity index (χ1) is 9.36. The Labute approximate surface area is 117 Å². The van der Waals surface area contributed by atoms with Crippen molar-refractivity contribution in [1.82, 2.24) is 5.32 Å². The van der Waals surface area contributed by atoms with Crippen LogP contribution in [0.1, 0.15) is 30.9 Å². The molecular formula is C14H20N2O4. The second-order valence-corrected chi connectivity index (χ2v) is 4.87. The zero-order chi connectivity index (χ0) is 15.3. The summed E-state index contributed by atoms with van der Waals surface area (Å²) in [6.45, 7) is 5.22. The molecule has 6 heteroatoms. The van der Waals surface area contributed by atoms with Crippen LogP contribution >= 0.6 is 0 Å². The van der Waals surface area contributed by atoms with E-state index >= 15 is 0 Å². The smallest absolute Gasteiger partial charge is 0.328 e. The summed E-state index contributed by atoms with van der Waals surface area (Å²) in [4.78, 5) is 22.6. The molecule has 0 aliphatic carbocycles. The summed E-state index contributed by atoms with van der Waals surface area (Å²) in [5.74, 6) is -1.06. The van der Waals surface area contributed by atoms with Gasteiger partial charge in [0.25, 0.3) is 0 Å². The lowest BCUT2D eigenvalue weighted by Crippen LogP contribution is -2.45. The lowest BCUT2D eigenvalue weighted by atomic mass is 9.98. The summed E-state index contributed by atoms with van der Waals surface area (Å²) in [5.41, 5.74) is 2.53. The second-order valence-electron chi connectivity index (χ2n) is 4.87. The van der Waals surface area contributed by atoms with Crippen LogP contribution in [-0.4, -0.2) is 34.9 Å². The number of benzene rings is 1. The van der Waals surface area contributed by atoms with E-state index in [4.69, 9.17) is 10.2 Å². The second kappa shape index (κ2) is 6.91. The van der Waals surface area contributed by atoms with Crippen LogP contribution in [0.4, 0.5) is 10.5 Å². The maximum atomic E-state index is 11.8. The van der Waals surface area contributed by atoms with Crippen molar-refractivity contribution in [2.75, 3.05) is 11.9 Å². The van der Waals surface area contributed by atoms with Crippen LogP contribution in [0.25, 0.3) is 0 Å². The van der Waals surface area contributed by atoms with Gasteiger partial charge in [-0.2, -0.15) is 0 Å². The van der Waals surface area contributed by atoms with E-state index < -0.39 is 24.6 Å². The Kier molecular flexibility index (Phi) is 5.52. The number of anilines is 1. The first kappa shape index (κ1) is 16.0. The minimum absolute atomic E-state index is 0.221. The van der Waals surface area contributed by atoms with Gasteiger partial charge in [0.15, 0.2) is 6.04 Å². The molecule has 0 aliphatic rings. The predicted molar refractivity (Wildman–Crippen MR) is 75.9 cm³/mol. The monoisotopic (exact) mass is 280 g/mol. The van der Waals surface area contributed by atoms with E-state index in [-0.39, 0.29) is 5.92 Å². The van der Waals surface area contributed by atoms with E-state index in [1.807, 2.05) is 39.0 Å². The molecule has 1 atom stereocenters. The molecule has 0 saturated heterocycles. The van der Waals surface area contributed by atoms with Crippen LogP contribution in [0.3, 0.4) is 0 Å². The molecular weight excluding hydrogens is 260 g/mol. The number of hydrogen-bond donors (Lipinski definition) is 4. The van der Waals surface area contributed by atoms with E-state index in [0.29, 0.717) is 5.69 Å². The molecule has 1 rings (SSSR count). The summed E-state index contributed by atoms with van der Waals surface area (Å²) >= 11 is 0. The van der Waals surface area contributed by atoms with Crippen LogP contribution in [0.5, 0.6) is 0 Å². The van der Waals surface area contributed by atoms with E-state index in [9.17, 15) is 9.59 Å². The molecule has 20 heavy (non-hydrogen) atoms. The topological polar surface area (TPSA) is 98.7 Å². The number of aryl methyl sites for hydroxylation is 1. The normalized spacial score (nSPS) is 12.1. The van der Waals surface area contributed by atoms with Gasteiger partial charge in [0, 0.05) is 5.69 Å². The van der Waals surface area contributed by atoms with Gasteiger partial charge in [0.05, 0.1) is 6.61 Å². The molecule has 6 nitrogen and oxygen atoms in total. The number of rotatable bonds is 5. The number of carbonyl (C=O) groups excluding carboxylic acids is 1. The minimum Gasteiger partial charge on any atom is -0.480 e. The Balaban J connectivity index is 2.88. The number of carbonyl (C=O) groups is 2. The highest BCUT2D eigenvalue weighted by Crippen LogP contribution is 2.27. The number of para-hydroxylation sites is 1. The third-order valence-corrected chi connectivity index (χ3v) is 2.95. The maximum Gasteiger partial charge on any atom is 0.328 e. The number of urea groups is 1. The molecule has 0 saturated carbocycles. The van der Waals surface area contributed by atoms with Crippen molar-refractivity contribution in [3.63, 3.8) is 0 Å². The van der Waals surface area contributed by atoms with E-state index in [0.717, 1.165) is 11.1 Å². The van der Waals surface area contributed by atoms with Gasteiger partial charge in [-0.05, 0) is 24.0 Å². The lowest BCUT2D eigenvalue weighted by Gasteiger charge is -2.18. The van der Waals surface area contributed by atoms with Gasteiger partial charge in [0.1, 0.15) is 0 Å². The van der Waals surface area contributed by atoms with Crippen LogP contribution < -0.4 is 10.6 Å². The number of carboxylic acids is 1. The highest BCUT2D eigenvalue weighted by Gasteiger charge is 2.19. The maximum absolute atomic E-state index is 11.8. The Morgan fingerprint density at radius 3 is 2.45 bits per heavy atom. The lowest BCUT2D eigenvalue weighted by molar-refractivity contribution is -0.140. The molecule has 0 aliphatic heterocycles. The van der Waals surface area contributed by atoms with Gasteiger partial charge >= 0.3 is 12.0 Å². The van der Waals surface area contributed by atoms with Gasteiger partial charge in [-0.25, -0.2) is 9.59 Å². The van der Waals surface area contributed by atoms with Gasteiger partial charge < -0.3 is 20.8 Å². The number of aliphatic hydroxyl groups excluding tert-OH is 1. The molecule has 0 radical (unpaired) electrons. The molecule has 0 aromatic heterocycles. The Morgan fingerprint density at radius 2 is 1.95 bits per heavy atom. The van der Waals surface area contributed by atoms with Crippen molar-refractivity contribution in [3.05, 3.63) is 29.3 Å². The van der Waals surface area contributed by atoms with E-state index in [2.05, 4.69) is 10.6 Å². The SMILES string of the molecule is Cc1cccc(C(C)C)c1NC(=O)N[C@@H](CO)C(=O)O. The first-order valence-corrected chi connectivity index (χ1v) is 6.37. The largest absolute Gasteiger partial charge is 0.480 e. The van der Waals surface area contributed by atoms with Crippen molar-refractivity contribution in [3.8, 4) is 0 Å². The average Bonchev–Trinajstić information content (AvgIpc) is 2.37. The van der Waals surface area contributed by atoms with Gasteiger partial charge in [-0.1, -0.05) is 32.0 Å². The number of aliphatic hydroxyl groups is 1.